The molecule has 0 radical (unpaired) electrons. The predicted molar refractivity (Wildman–Crippen MR) is 94.6 cm³/mol. The molecule has 0 aliphatic carbocycles. The van der Waals surface area contributed by atoms with E-state index in [9.17, 15) is 0 Å². The monoisotopic (exact) mass is 358 g/mol. The molecule has 0 fully saturated rings. The summed E-state index contributed by atoms with van der Waals surface area (Å²) in [7, 11) is -1.67. The van der Waals surface area contributed by atoms with Gasteiger partial charge in [0.1, 0.15) is 6.10 Å². The van der Waals surface area contributed by atoms with Crippen LogP contribution >= 0.6 is 15.9 Å². The van der Waals surface area contributed by atoms with E-state index in [1.54, 1.807) is 0 Å². The van der Waals surface area contributed by atoms with E-state index >= 15 is 0 Å². The van der Waals surface area contributed by atoms with Gasteiger partial charge in [-0.1, -0.05) is 58.1 Å². The van der Waals surface area contributed by atoms with Crippen LogP contribution in [0.5, 0.6) is 0 Å². The first-order valence-corrected chi connectivity index (χ1v) is 11.1. The summed E-state index contributed by atoms with van der Waals surface area (Å²) < 4.78 is 7.30. The number of halogens is 1. The van der Waals surface area contributed by atoms with Crippen LogP contribution < -0.4 is 0 Å². The van der Waals surface area contributed by atoms with Crippen LogP contribution in [0.4, 0.5) is 0 Å². The van der Waals surface area contributed by atoms with Crippen molar-refractivity contribution in [3.8, 4) is 11.8 Å². The van der Waals surface area contributed by atoms with Gasteiger partial charge in [0.25, 0.3) is 0 Å². The first-order chi connectivity index (χ1) is 9.94. The molecule has 1 nitrogen and oxygen atoms in total. The van der Waals surface area contributed by atoms with Gasteiger partial charge in [-0.25, -0.2) is 0 Å². The zero-order chi connectivity index (χ0) is 15.3. The third-order valence-corrected chi connectivity index (χ3v) is 4.24. The molecule has 1 unspecified atom stereocenters. The summed E-state index contributed by atoms with van der Waals surface area (Å²) in [5.74, 6) is 6.49. The maximum absolute atomic E-state index is 6.24. The number of benzene rings is 2. The van der Waals surface area contributed by atoms with Gasteiger partial charge in [-0.05, 0) is 49.5 Å². The summed E-state index contributed by atoms with van der Waals surface area (Å²) >= 11 is 3.46. The Hall–Kier alpha value is -1.34. The molecular formula is C18H19BrOSi. The van der Waals surface area contributed by atoms with Gasteiger partial charge in [-0.2, -0.15) is 0 Å². The summed E-state index contributed by atoms with van der Waals surface area (Å²) in [6.07, 6.45) is -0.176. The van der Waals surface area contributed by atoms with Crippen molar-refractivity contribution in [3.63, 3.8) is 0 Å². The molecule has 2 aromatic carbocycles. The van der Waals surface area contributed by atoms with Crippen molar-refractivity contribution in [2.24, 2.45) is 0 Å². The van der Waals surface area contributed by atoms with Gasteiger partial charge in [-0.15, -0.1) is 0 Å². The second kappa shape index (κ2) is 7.08. The Labute approximate surface area is 136 Å². The minimum Gasteiger partial charge on any atom is -0.400 e. The van der Waals surface area contributed by atoms with Crippen molar-refractivity contribution in [3.05, 3.63) is 70.2 Å². The van der Waals surface area contributed by atoms with Crippen LogP contribution in [0.25, 0.3) is 0 Å². The summed E-state index contributed by atoms with van der Waals surface area (Å²) in [4.78, 5) is 0. The van der Waals surface area contributed by atoms with Crippen molar-refractivity contribution in [2.45, 2.75) is 25.7 Å². The molecule has 0 saturated carbocycles. The average Bonchev–Trinajstić information content (AvgIpc) is 2.44. The second-order valence-corrected chi connectivity index (χ2v) is 11.2. The fourth-order valence-corrected chi connectivity index (χ4v) is 3.01. The third-order valence-electron chi connectivity index (χ3n) is 2.77. The molecule has 0 aromatic heterocycles. The maximum atomic E-state index is 6.24. The van der Waals surface area contributed by atoms with Gasteiger partial charge < -0.3 is 4.43 Å². The predicted octanol–water partition coefficient (Wildman–Crippen LogP) is 5.39. The largest absolute Gasteiger partial charge is 0.400 e. The highest BCUT2D eigenvalue weighted by atomic mass is 79.9. The number of hydrogen-bond acceptors (Lipinski definition) is 1. The molecule has 0 heterocycles. The zero-order valence-electron chi connectivity index (χ0n) is 12.6. The van der Waals surface area contributed by atoms with Crippen LogP contribution in [0, 0.1) is 11.8 Å². The molecule has 0 spiro atoms. The lowest BCUT2D eigenvalue weighted by Crippen LogP contribution is -2.27. The molecule has 0 saturated heterocycles. The van der Waals surface area contributed by atoms with E-state index in [2.05, 4.69) is 59.5 Å². The summed E-state index contributed by atoms with van der Waals surface area (Å²) in [5, 5.41) is 0. The first kappa shape index (κ1) is 16.0. The molecule has 3 heteroatoms. The van der Waals surface area contributed by atoms with E-state index in [-0.39, 0.29) is 6.10 Å². The van der Waals surface area contributed by atoms with E-state index in [0.717, 1.165) is 15.6 Å². The molecule has 21 heavy (non-hydrogen) atoms. The van der Waals surface area contributed by atoms with E-state index < -0.39 is 8.32 Å². The first-order valence-electron chi connectivity index (χ1n) is 6.94. The maximum Gasteiger partial charge on any atom is 0.185 e. The van der Waals surface area contributed by atoms with E-state index in [1.165, 1.54) is 0 Å². The summed E-state index contributed by atoms with van der Waals surface area (Å²) in [6, 6.07) is 18.2. The molecule has 0 aliphatic rings. The zero-order valence-corrected chi connectivity index (χ0v) is 15.1. The molecule has 108 valence electrons. The smallest absolute Gasteiger partial charge is 0.185 e. The lowest BCUT2D eigenvalue weighted by molar-refractivity contribution is 0.257. The Kier molecular flexibility index (Phi) is 5.41. The molecule has 0 amide bonds. The van der Waals surface area contributed by atoms with E-state index in [1.807, 2.05) is 42.5 Å². The van der Waals surface area contributed by atoms with Crippen LogP contribution in [-0.4, -0.2) is 8.32 Å². The highest BCUT2D eigenvalue weighted by Gasteiger charge is 2.21. The fourth-order valence-electron chi connectivity index (χ4n) is 1.84. The van der Waals surface area contributed by atoms with Crippen LogP contribution in [0.1, 0.15) is 17.2 Å². The van der Waals surface area contributed by atoms with Gasteiger partial charge in [0.2, 0.25) is 0 Å². The Bertz CT molecular complexity index is 633. The molecule has 2 aromatic rings. The fraction of sp³-hybridized carbons (Fsp3) is 0.222. The molecule has 0 N–H and O–H groups in total. The molecular weight excluding hydrogens is 340 g/mol. The van der Waals surface area contributed by atoms with Crippen LogP contribution in [0.15, 0.2) is 59.1 Å². The topological polar surface area (TPSA) is 9.23 Å². The lowest BCUT2D eigenvalue weighted by atomic mass is 10.1. The van der Waals surface area contributed by atoms with Gasteiger partial charge in [0.15, 0.2) is 8.32 Å². The lowest BCUT2D eigenvalue weighted by Gasteiger charge is -2.23. The minimum atomic E-state index is -1.67. The SMILES string of the molecule is C[Si](C)(C)OC(C#Cc1ccccc1)c1ccc(Br)cc1. The van der Waals surface area contributed by atoms with Gasteiger partial charge >= 0.3 is 0 Å². The van der Waals surface area contributed by atoms with Gasteiger partial charge in [0.05, 0.1) is 0 Å². The van der Waals surface area contributed by atoms with Gasteiger partial charge in [0, 0.05) is 10.0 Å². The van der Waals surface area contributed by atoms with Crippen molar-refractivity contribution in [1.82, 2.24) is 0 Å². The van der Waals surface area contributed by atoms with Crippen LogP contribution in [0.2, 0.25) is 19.6 Å². The Morgan fingerprint density at radius 3 is 2.14 bits per heavy atom. The average molecular weight is 359 g/mol. The minimum absolute atomic E-state index is 0.176. The van der Waals surface area contributed by atoms with Crippen molar-refractivity contribution >= 4 is 24.2 Å². The Morgan fingerprint density at radius 1 is 0.952 bits per heavy atom. The van der Waals surface area contributed by atoms with E-state index in [0.29, 0.717) is 0 Å². The Balaban J connectivity index is 2.29. The number of rotatable bonds is 3. The summed E-state index contributed by atoms with van der Waals surface area (Å²) in [5.41, 5.74) is 2.11. The number of hydrogen-bond donors (Lipinski definition) is 0. The quantitative estimate of drug-likeness (QED) is 0.527. The van der Waals surface area contributed by atoms with Crippen LogP contribution in [-0.2, 0) is 4.43 Å². The molecule has 0 aliphatic heterocycles. The highest BCUT2D eigenvalue weighted by Crippen LogP contribution is 2.23. The molecule has 1 atom stereocenters. The van der Waals surface area contributed by atoms with Gasteiger partial charge in [-0.3, -0.25) is 0 Å². The normalized spacial score (nSPS) is 12.4. The second-order valence-electron chi connectivity index (χ2n) is 5.80. The molecule has 0 bridgehead atoms. The van der Waals surface area contributed by atoms with Crippen molar-refractivity contribution < 1.29 is 4.43 Å². The molecule has 2 rings (SSSR count). The van der Waals surface area contributed by atoms with Crippen molar-refractivity contribution in [1.29, 1.82) is 0 Å². The highest BCUT2D eigenvalue weighted by molar-refractivity contribution is 9.10. The standard InChI is InChI=1S/C18H19BrOSi/c1-21(2,3)20-18(16-10-12-17(19)13-11-16)14-9-15-7-5-4-6-8-15/h4-8,10-13,18H,1-3H3. The van der Waals surface area contributed by atoms with Crippen molar-refractivity contribution in [2.75, 3.05) is 0 Å². The Morgan fingerprint density at radius 2 is 1.57 bits per heavy atom. The third kappa shape index (κ3) is 5.51. The summed E-state index contributed by atoms with van der Waals surface area (Å²) in [6.45, 7) is 6.55. The van der Waals surface area contributed by atoms with Crippen LogP contribution in [0.3, 0.4) is 0 Å². The van der Waals surface area contributed by atoms with E-state index in [4.69, 9.17) is 4.43 Å².